The van der Waals surface area contributed by atoms with Crippen LogP contribution < -0.4 is 0 Å². The van der Waals surface area contributed by atoms with Crippen LogP contribution in [0.4, 0.5) is 0 Å². The molecule has 8 heteroatoms. The van der Waals surface area contributed by atoms with Crippen LogP contribution in [0, 0.1) is 12.8 Å². The van der Waals surface area contributed by atoms with Gasteiger partial charge in [0.15, 0.2) is 0 Å². The zero-order chi connectivity index (χ0) is 18.9. The molecule has 1 N–H and O–H groups in total. The first-order valence-electron chi connectivity index (χ1n) is 8.91. The fraction of sp³-hybridized carbons (Fsp3) is 0.556. The molecular weight excluding hydrogens is 356 g/mol. The van der Waals surface area contributed by atoms with E-state index in [2.05, 4.69) is 0 Å². The van der Waals surface area contributed by atoms with E-state index in [0.29, 0.717) is 32.2 Å². The number of likely N-dealkylation sites (tertiary alicyclic amines) is 1. The van der Waals surface area contributed by atoms with Crippen molar-refractivity contribution >= 4 is 21.9 Å². The summed E-state index contributed by atoms with van der Waals surface area (Å²) in [6, 6.07) is 6.00. The van der Waals surface area contributed by atoms with E-state index in [1.165, 1.54) is 9.21 Å². The minimum absolute atomic E-state index is 0.151. The number of amides is 1. The molecule has 0 spiro atoms. The van der Waals surface area contributed by atoms with Gasteiger partial charge in [-0.3, -0.25) is 4.79 Å². The number of aryl methyl sites for hydroxylation is 1. The number of aliphatic carboxylic acids is 1. The molecule has 1 amide bonds. The fourth-order valence-corrected chi connectivity index (χ4v) is 5.19. The first kappa shape index (κ1) is 18.8. The van der Waals surface area contributed by atoms with Crippen molar-refractivity contribution < 1.29 is 23.1 Å². The minimum Gasteiger partial charge on any atom is -0.480 e. The second-order valence-electron chi connectivity index (χ2n) is 7.02. The third-order valence-electron chi connectivity index (χ3n) is 5.28. The number of carboxylic acids is 1. The summed E-state index contributed by atoms with van der Waals surface area (Å²) >= 11 is 0. The van der Waals surface area contributed by atoms with Gasteiger partial charge in [-0.25, -0.2) is 13.2 Å². The Kier molecular flexibility index (Phi) is 5.34. The number of hydrogen-bond donors (Lipinski definition) is 1. The van der Waals surface area contributed by atoms with Crippen molar-refractivity contribution in [3.63, 3.8) is 0 Å². The molecule has 1 atom stereocenters. The van der Waals surface area contributed by atoms with E-state index in [0.717, 1.165) is 5.56 Å². The van der Waals surface area contributed by atoms with Gasteiger partial charge in [-0.05, 0) is 44.7 Å². The molecule has 0 radical (unpaired) electrons. The van der Waals surface area contributed by atoms with Gasteiger partial charge in [-0.2, -0.15) is 4.31 Å². The zero-order valence-electron chi connectivity index (χ0n) is 14.8. The van der Waals surface area contributed by atoms with E-state index in [1.54, 1.807) is 24.3 Å². The molecule has 0 aromatic heterocycles. The second-order valence-corrected chi connectivity index (χ2v) is 8.96. The van der Waals surface area contributed by atoms with E-state index in [4.69, 9.17) is 0 Å². The maximum Gasteiger partial charge on any atom is 0.326 e. The van der Waals surface area contributed by atoms with E-state index >= 15 is 0 Å². The van der Waals surface area contributed by atoms with Crippen LogP contribution in [0.25, 0.3) is 0 Å². The van der Waals surface area contributed by atoms with Crippen LogP contribution in [0.1, 0.15) is 31.2 Å². The lowest BCUT2D eigenvalue weighted by Gasteiger charge is -2.33. The van der Waals surface area contributed by atoms with Crippen LogP contribution >= 0.6 is 0 Å². The number of carbonyl (C=O) groups excluding carboxylic acids is 1. The Balaban J connectivity index is 1.64. The highest BCUT2D eigenvalue weighted by Crippen LogP contribution is 2.28. The first-order valence-corrected chi connectivity index (χ1v) is 10.3. The topological polar surface area (TPSA) is 95.0 Å². The van der Waals surface area contributed by atoms with E-state index < -0.39 is 22.0 Å². The maximum atomic E-state index is 12.7. The molecule has 0 aliphatic carbocycles. The summed E-state index contributed by atoms with van der Waals surface area (Å²) in [6.07, 6.45) is 2.03. The van der Waals surface area contributed by atoms with E-state index in [1.807, 2.05) is 6.92 Å². The lowest BCUT2D eigenvalue weighted by Crippen LogP contribution is -2.47. The summed E-state index contributed by atoms with van der Waals surface area (Å²) in [5.41, 5.74) is 0.992. The van der Waals surface area contributed by atoms with Crippen molar-refractivity contribution in [3.8, 4) is 0 Å². The van der Waals surface area contributed by atoms with E-state index in [9.17, 15) is 23.1 Å². The third-order valence-corrected chi connectivity index (χ3v) is 7.20. The average Bonchev–Trinajstić information content (AvgIpc) is 3.11. The maximum absolute atomic E-state index is 12.7. The SMILES string of the molecule is Cc1ccc(S(=O)(=O)N2CCC(C(=O)N3CCCC3C(=O)O)CC2)cc1. The summed E-state index contributed by atoms with van der Waals surface area (Å²) in [4.78, 5) is 25.7. The van der Waals surface area contributed by atoms with Crippen molar-refractivity contribution in [2.75, 3.05) is 19.6 Å². The van der Waals surface area contributed by atoms with Gasteiger partial charge in [-0.15, -0.1) is 0 Å². The van der Waals surface area contributed by atoms with Crippen LogP contribution in [-0.2, 0) is 19.6 Å². The van der Waals surface area contributed by atoms with Crippen LogP contribution in [0.2, 0.25) is 0 Å². The Morgan fingerprint density at radius 1 is 1.04 bits per heavy atom. The van der Waals surface area contributed by atoms with Crippen molar-refractivity contribution in [2.24, 2.45) is 5.92 Å². The Morgan fingerprint density at radius 2 is 1.65 bits per heavy atom. The summed E-state index contributed by atoms with van der Waals surface area (Å²) in [5, 5.41) is 9.24. The molecule has 0 bridgehead atoms. The third kappa shape index (κ3) is 3.61. The number of piperidine rings is 1. The van der Waals surface area contributed by atoms with Gasteiger partial charge in [0.1, 0.15) is 6.04 Å². The Morgan fingerprint density at radius 3 is 2.23 bits per heavy atom. The summed E-state index contributed by atoms with van der Waals surface area (Å²) in [5.74, 6) is -1.42. The van der Waals surface area contributed by atoms with Crippen LogP contribution in [-0.4, -0.2) is 60.3 Å². The molecule has 142 valence electrons. The number of carbonyl (C=O) groups is 2. The molecule has 2 aliphatic rings. The van der Waals surface area contributed by atoms with Crippen molar-refractivity contribution in [1.29, 1.82) is 0 Å². The number of rotatable bonds is 4. The van der Waals surface area contributed by atoms with Crippen LogP contribution in [0.15, 0.2) is 29.2 Å². The Labute approximate surface area is 153 Å². The zero-order valence-corrected chi connectivity index (χ0v) is 15.6. The molecule has 1 aromatic carbocycles. The highest BCUT2D eigenvalue weighted by atomic mass is 32.2. The lowest BCUT2D eigenvalue weighted by atomic mass is 9.96. The van der Waals surface area contributed by atoms with Crippen molar-refractivity contribution in [1.82, 2.24) is 9.21 Å². The minimum atomic E-state index is -3.56. The standard InChI is InChI=1S/C18H24N2O5S/c1-13-4-6-15(7-5-13)26(24,25)19-11-8-14(9-12-19)17(21)20-10-2-3-16(20)18(22)23/h4-7,14,16H,2-3,8-12H2,1H3,(H,22,23). The largest absolute Gasteiger partial charge is 0.480 e. The highest BCUT2D eigenvalue weighted by molar-refractivity contribution is 7.89. The average molecular weight is 380 g/mol. The van der Waals surface area contributed by atoms with Gasteiger partial charge in [0.05, 0.1) is 4.90 Å². The highest BCUT2D eigenvalue weighted by Gasteiger charge is 2.39. The number of carboxylic acid groups (broad SMARTS) is 1. The van der Waals surface area contributed by atoms with Gasteiger partial charge in [0.25, 0.3) is 0 Å². The van der Waals surface area contributed by atoms with Gasteiger partial charge in [0.2, 0.25) is 15.9 Å². The number of nitrogens with zero attached hydrogens (tertiary/aromatic N) is 2. The molecule has 2 saturated heterocycles. The first-order chi connectivity index (χ1) is 12.3. The predicted octanol–water partition coefficient (Wildman–Crippen LogP) is 1.47. The molecule has 2 aliphatic heterocycles. The van der Waals surface area contributed by atoms with Crippen molar-refractivity contribution in [3.05, 3.63) is 29.8 Å². The molecule has 2 heterocycles. The van der Waals surface area contributed by atoms with Gasteiger partial charge >= 0.3 is 5.97 Å². The molecule has 1 unspecified atom stereocenters. The number of benzene rings is 1. The van der Waals surface area contributed by atoms with Gasteiger partial charge in [-0.1, -0.05) is 17.7 Å². The normalized spacial score (nSPS) is 22.5. The Bertz CT molecular complexity index is 782. The van der Waals surface area contributed by atoms with Crippen molar-refractivity contribution in [2.45, 2.75) is 43.5 Å². The lowest BCUT2D eigenvalue weighted by molar-refractivity contribution is -0.150. The molecule has 0 saturated carbocycles. The molecule has 7 nitrogen and oxygen atoms in total. The molecule has 26 heavy (non-hydrogen) atoms. The van der Waals surface area contributed by atoms with Gasteiger partial charge < -0.3 is 10.0 Å². The Hall–Kier alpha value is -1.93. The summed E-state index contributed by atoms with van der Waals surface area (Å²) < 4.78 is 26.9. The monoisotopic (exact) mass is 380 g/mol. The smallest absolute Gasteiger partial charge is 0.326 e. The number of hydrogen-bond acceptors (Lipinski definition) is 4. The van der Waals surface area contributed by atoms with Crippen LogP contribution in [0.5, 0.6) is 0 Å². The molecule has 1 aromatic rings. The second kappa shape index (κ2) is 7.36. The number of sulfonamides is 1. The summed E-state index contributed by atoms with van der Waals surface area (Å²) in [6.45, 7) is 2.92. The summed E-state index contributed by atoms with van der Waals surface area (Å²) in [7, 11) is -3.56. The molecule has 3 rings (SSSR count). The fourth-order valence-electron chi connectivity index (χ4n) is 3.72. The molecule has 2 fully saturated rings. The van der Waals surface area contributed by atoms with Gasteiger partial charge in [0, 0.05) is 25.6 Å². The van der Waals surface area contributed by atoms with E-state index in [-0.39, 0.29) is 29.8 Å². The van der Waals surface area contributed by atoms with Crippen LogP contribution in [0.3, 0.4) is 0 Å². The quantitative estimate of drug-likeness (QED) is 0.854. The molecular formula is C18H24N2O5S. The predicted molar refractivity (Wildman–Crippen MR) is 95.0 cm³/mol.